The van der Waals surface area contributed by atoms with Gasteiger partial charge in [-0.15, -0.1) is 13.1 Å². The Morgan fingerprint density at radius 2 is 1.62 bits per heavy atom. The first-order chi connectivity index (χ1) is 6.38. The summed E-state index contributed by atoms with van der Waals surface area (Å²) >= 11 is 0. The standard InChI is InChI=1S/C11H23N2/c1-3-5-11(6-4-2)13-9-7-12-8-10-13/h11H,3-10H2,1-2H3/q-1. The fourth-order valence-electron chi connectivity index (χ4n) is 2.16. The lowest BCUT2D eigenvalue weighted by Gasteiger charge is -2.40. The van der Waals surface area contributed by atoms with Crippen LogP contribution in [0.3, 0.4) is 0 Å². The summed E-state index contributed by atoms with van der Waals surface area (Å²) in [6, 6.07) is 0.838. The van der Waals surface area contributed by atoms with Crippen LogP contribution in [-0.4, -0.2) is 37.1 Å². The van der Waals surface area contributed by atoms with Crippen molar-refractivity contribution in [2.45, 2.75) is 45.6 Å². The van der Waals surface area contributed by atoms with Crippen molar-refractivity contribution < 1.29 is 0 Å². The molecular weight excluding hydrogens is 160 g/mol. The van der Waals surface area contributed by atoms with E-state index in [-0.39, 0.29) is 0 Å². The molecule has 0 unspecified atom stereocenters. The molecule has 1 aliphatic rings. The number of hydrogen-bond acceptors (Lipinski definition) is 1. The van der Waals surface area contributed by atoms with Crippen molar-refractivity contribution in [1.29, 1.82) is 0 Å². The highest BCUT2D eigenvalue weighted by Crippen LogP contribution is 2.15. The lowest BCUT2D eigenvalue weighted by molar-refractivity contribution is 0.178. The third-order valence-corrected chi connectivity index (χ3v) is 2.85. The van der Waals surface area contributed by atoms with Crippen LogP contribution in [0.2, 0.25) is 0 Å². The molecule has 1 saturated heterocycles. The van der Waals surface area contributed by atoms with Gasteiger partial charge in [0.05, 0.1) is 0 Å². The van der Waals surface area contributed by atoms with Gasteiger partial charge in [0, 0.05) is 6.04 Å². The molecule has 2 nitrogen and oxygen atoms in total. The van der Waals surface area contributed by atoms with Crippen molar-refractivity contribution in [1.82, 2.24) is 4.90 Å². The van der Waals surface area contributed by atoms with E-state index in [1.165, 1.54) is 38.8 Å². The molecule has 1 heterocycles. The van der Waals surface area contributed by atoms with Gasteiger partial charge in [0.1, 0.15) is 0 Å². The maximum atomic E-state index is 4.39. The maximum absolute atomic E-state index is 4.39. The van der Waals surface area contributed by atoms with Gasteiger partial charge >= 0.3 is 0 Å². The summed E-state index contributed by atoms with van der Waals surface area (Å²) < 4.78 is 0. The summed E-state index contributed by atoms with van der Waals surface area (Å²) in [5.74, 6) is 0. The molecule has 2 heteroatoms. The van der Waals surface area contributed by atoms with Crippen molar-refractivity contribution in [2.75, 3.05) is 26.2 Å². The molecule has 13 heavy (non-hydrogen) atoms. The molecule has 1 rings (SSSR count). The lowest BCUT2D eigenvalue weighted by Crippen LogP contribution is -2.42. The third-order valence-electron chi connectivity index (χ3n) is 2.85. The van der Waals surface area contributed by atoms with Crippen molar-refractivity contribution in [3.63, 3.8) is 0 Å². The van der Waals surface area contributed by atoms with Crippen LogP contribution >= 0.6 is 0 Å². The molecule has 0 N–H and O–H groups in total. The molecule has 1 fully saturated rings. The first-order valence-electron chi connectivity index (χ1n) is 5.75. The minimum absolute atomic E-state index is 0.838. The van der Waals surface area contributed by atoms with Crippen LogP contribution in [-0.2, 0) is 0 Å². The molecule has 0 amide bonds. The quantitative estimate of drug-likeness (QED) is 0.640. The van der Waals surface area contributed by atoms with Crippen LogP contribution in [0.1, 0.15) is 39.5 Å². The van der Waals surface area contributed by atoms with E-state index in [2.05, 4.69) is 24.1 Å². The largest absolute Gasteiger partial charge is 0.660 e. The zero-order valence-electron chi connectivity index (χ0n) is 9.13. The summed E-state index contributed by atoms with van der Waals surface area (Å²) in [5.41, 5.74) is 0. The number of rotatable bonds is 5. The zero-order chi connectivity index (χ0) is 9.52. The van der Waals surface area contributed by atoms with Crippen molar-refractivity contribution >= 4 is 0 Å². The van der Waals surface area contributed by atoms with Crippen molar-refractivity contribution in [2.24, 2.45) is 0 Å². The predicted octanol–water partition coefficient (Wildman–Crippen LogP) is 2.64. The SMILES string of the molecule is CCCC(CCC)N1CC[N-]CC1. The van der Waals surface area contributed by atoms with E-state index in [0.29, 0.717) is 0 Å². The summed E-state index contributed by atoms with van der Waals surface area (Å²) in [5, 5.41) is 4.39. The Kier molecular flexibility index (Phi) is 5.40. The zero-order valence-corrected chi connectivity index (χ0v) is 9.13. The minimum atomic E-state index is 0.838. The Morgan fingerprint density at radius 1 is 1.08 bits per heavy atom. The fraction of sp³-hybridized carbons (Fsp3) is 1.00. The monoisotopic (exact) mass is 183 g/mol. The van der Waals surface area contributed by atoms with Gasteiger partial charge in [-0.2, -0.15) is 0 Å². The van der Waals surface area contributed by atoms with E-state index in [4.69, 9.17) is 0 Å². The van der Waals surface area contributed by atoms with E-state index in [1.807, 2.05) is 0 Å². The fourth-order valence-corrected chi connectivity index (χ4v) is 2.16. The highest BCUT2D eigenvalue weighted by molar-refractivity contribution is 4.90. The molecule has 0 aromatic heterocycles. The van der Waals surface area contributed by atoms with Gasteiger partial charge in [-0.25, -0.2) is 0 Å². The van der Waals surface area contributed by atoms with Gasteiger partial charge < -0.3 is 10.2 Å². The first kappa shape index (κ1) is 11.0. The summed E-state index contributed by atoms with van der Waals surface area (Å²) in [6.45, 7) is 9.09. The Balaban J connectivity index is 2.32. The molecule has 0 aliphatic carbocycles. The van der Waals surface area contributed by atoms with Crippen LogP contribution in [0.5, 0.6) is 0 Å². The topological polar surface area (TPSA) is 17.3 Å². The van der Waals surface area contributed by atoms with E-state index in [0.717, 1.165) is 19.1 Å². The van der Waals surface area contributed by atoms with E-state index >= 15 is 0 Å². The molecule has 0 spiro atoms. The van der Waals surface area contributed by atoms with Crippen LogP contribution in [0.15, 0.2) is 0 Å². The van der Waals surface area contributed by atoms with Gasteiger partial charge in [0.25, 0.3) is 0 Å². The molecule has 0 bridgehead atoms. The first-order valence-corrected chi connectivity index (χ1v) is 5.75. The second-order valence-electron chi connectivity index (χ2n) is 3.94. The van der Waals surface area contributed by atoms with Gasteiger partial charge in [-0.1, -0.05) is 26.7 Å². The summed E-state index contributed by atoms with van der Waals surface area (Å²) in [6.07, 6.45) is 5.37. The van der Waals surface area contributed by atoms with Gasteiger partial charge in [-0.05, 0) is 25.9 Å². The highest BCUT2D eigenvalue weighted by Gasteiger charge is 2.15. The molecule has 0 aromatic rings. The maximum Gasteiger partial charge on any atom is 0.00936 e. The molecule has 78 valence electrons. The van der Waals surface area contributed by atoms with Crippen molar-refractivity contribution in [3.8, 4) is 0 Å². The Morgan fingerprint density at radius 3 is 2.08 bits per heavy atom. The minimum Gasteiger partial charge on any atom is -0.660 e. The second-order valence-corrected chi connectivity index (χ2v) is 3.94. The normalized spacial score (nSPS) is 19.6. The van der Waals surface area contributed by atoms with Crippen LogP contribution in [0.25, 0.3) is 5.32 Å². The third kappa shape index (κ3) is 3.65. The van der Waals surface area contributed by atoms with Crippen molar-refractivity contribution in [3.05, 3.63) is 5.32 Å². The molecule has 0 saturated carbocycles. The number of nitrogens with zero attached hydrogens (tertiary/aromatic N) is 2. The second kappa shape index (κ2) is 6.39. The lowest BCUT2D eigenvalue weighted by atomic mass is 10.0. The summed E-state index contributed by atoms with van der Waals surface area (Å²) in [7, 11) is 0. The number of hydrogen-bond donors (Lipinski definition) is 0. The smallest absolute Gasteiger partial charge is 0.00936 e. The van der Waals surface area contributed by atoms with Gasteiger partial charge in [0.15, 0.2) is 0 Å². The Hall–Kier alpha value is -0.0800. The average molecular weight is 183 g/mol. The van der Waals surface area contributed by atoms with Gasteiger partial charge in [-0.3, -0.25) is 0 Å². The van der Waals surface area contributed by atoms with E-state index < -0.39 is 0 Å². The van der Waals surface area contributed by atoms with E-state index in [9.17, 15) is 0 Å². The highest BCUT2D eigenvalue weighted by atomic mass is 15.2. The van der Waals surface area contributed by atoms with Gasteiger partial charge in [0.2, 0.25) is 0 Å². The molecule has 0 radical (unpaired) electrons. The van der Waals surface area contributed by atoms with Crippen LogP contribution < -0.4 is 0 Å². The average Bonchev–Trinajstić information content (AvgIpc) is 2.19. The molecular formula is C11H23N2-. The van der Waals surface area contributed by atoms with Crippen LogP contribution in [0.4, 0.5) is 0 Å². The van der Waals surface area contributed by atoms with Crippen LogP contribution in [0, 0.1) is 0 Å². The Bertz CT molecular complexity index is 113. The molecule has 0 atom stereocenters. The molecule has 1 aliphatic heterocycles. The van der Waals surface area contributed by atoms with E-state index in [1.54, 1.807) is 0 Å². The predicted molar refractivity (Wildman–Crippen MR) is 58.3 cm³/mol. The molecule has 0 aromatic carbocycles. The Labute approximate surface area is 82.7 Å². The summed E-state index contributed by atoms with van der Waals surface area (Å²) in [4.78, 5) is 2.64. The number of piperazine rings is 1.